The number of nitrogens with zero attached hydrogens (tertiary/aromatic N) is 2. The summed E-state index contributed by atoms with van der Waals surface area (Å²) < 4.78 is 11.3. The van der Waals surface area contributed by atoms with Crippen molar-refractivity contribution in [3.63, 3.8) is 0 Å². The lowest BCUT2D eigenvalue weighted by atomic mass is 9.77. The number of rotatable bonds is 4. The number of aliphatic hydroxyl groups excluding tert-OH is 1. The average Bonchev–Trinajstić information content (AvgIpc) is 2.69. The number of β-amino-alcohol motifs (C(OH)–C–C–N with tert-alkyl or cyclic N) is 1. The molecule has 2 aromatic carbocycles. The van der Waals surface area contributed by atoms with Gasteiger partial charge in [-0.3, -0.25) is 9.80 Å². The van der Waals surface area contributed by atoms with E-state index < -0.39 is 6.10 Å². The zero-order valence-corrected chi connectivity index (χ0v) is 16.1. The van der Waals surface area contributed by atoms with Gasteiger partial charge in [0.1, 0.15) is 13.2 Å². The van der Waals surface area contributed by atoms with Crippen molar-refractivity contribution in [2.24, 2.45) is 0 Å². The number of piperidine rings is 1. The van der Waals surface area contributed by atoms with Crippen LogP contribution in [0.25, 0.3) is 0 Å². The lowest BCUT2D eigenvalue weighted by molar-refractivity contribution is -0.0702. The Morgan fingerprint density at radius 1 is 1.07 bits per heavy atom. The van der Waals surface area contributed by atoms with Crippen molar-refractivity contribution in [3.05, 3.63) is 59.7 Å². The molecule has 0 spiro atoms. The van der Waals surface area contributed by atoms with E-state index in [0.717, 1.165) is 31.0 Å². The smallest absolute Gasteiger partial charge is 0.161 e. The van der Waals surface area contributed by atoms with Crippen molar-refractivity contribution in [2.45, 2.75) is 24.6 Å². The summed E-state index contributed by atoms with van der Waals surface area (Å²) in [7, 11) is 4.12. The number of hydrogen-bond acceptors (Lipinski definition) is 5. The van der Waals surface area contributed by atoms with E-state index in [2.05, 4.69) is 60.3 Å². The minimum Gasteiger partial charge on any atom is -0.486 e. The second kappa shape index (κ2) is 7.50. The molecule has 0 radical (unpaired) electrons. The first-order chi connectivity index (χ1) is 13.1. The van der Waals surface area contributed by atoms with Gasteiger partial charge in [-0.1, -0.05) is 36.4 Å². The summed E-state index contributed by atoms with van der Waals surface area (Å²) in [4.78, 5) is 4.50. The summed E-state index contributed by atoms with van der Waals surface area (Å²) in [5.41, 5.74) is 2.02. The number of likely N-dealkylation sites (tertiary alicyclic amines) is 1. The topological polar surface area (TPSA) is 45.2 Å². The van der Waals surface area contributed by atoms with E-state index in [4.69, 9.17) is 9.47 Å². The number of hydrogen-bond donors (Lipinski definition) is 1. The highest BCUT2D eigenvalue weighted by Gasteiger charge is 2.45. The summed E-state index contributed by atoms with van der Waals surface area (Å²) in [5.74, 6) is 1.64. The van der Waals surface area contributed by atoms with Gasteiger partial charge in [0.25, 0.3) is 0 Å². The monoisotopic (exact) mass is 368 g/mol. The number of aliphatic hydroxyl groups is 1. The average molecular weight is 368 g/mol. The zero-order chi connectivity index (χ0) is 18.9. The molecule has 1 fully saturated rings. The van der Waals surface area contributed by atoms with Gasteiger partial charge in [0.2, 0.25) is 0 Å². The van der Waals surface area contributed by atoms with Gasteiger partial charge in [0, 0.05) is 19.6 Å². The molecule has 0 aromatic heterocycles. The predicted octanol–water partition coefficient (Wildman–Crippen LogP) is 2.48. The number of ether oxygens (including phenoxy) is 2. The van der Waals surface area contributed by atoms with Crippen LogP contribution in [0.15, 0.2) is 48.5 Å². The largest absolute Gasteiger partial charge is 0.486 e. The third kappa shape index (κ3) is 3.43. The molecule has 2 atom stereocenters. The van der Waals surface area contributed by atoms with Crippen LogP contribution in [0.5, 0.6) is 11.5 Å². The van der Waals surface area contributed by atoms with E-state index >= 15 is 0 Å². The molecule has 0 saturated carbocycles. The molecule has 2 heterocycles. The third-order valence-corrected chi connectivity index (χ3v) is 5.88. The van der Waals surface area contributed by atoms with Crippen LogP contribution in [0.4, 0.5) is 0 Å². The molecule has 144 valence electrons. The zero-order valence-electron chi connectivity index (χ0n) is 16.1. The van der Waals surface area contributed by atoms with Crippen LogP contribution in [-0.4, -0.2) is 61.4 Å². The molecule has 4 rings (SSSR count). The van der Waals surface area contributed by atoms with Crippen molar-refractivity contribution in [1.82, 2.24) is 9.80 Å². The van der Waals surface area contributed by atoms with Crippen LogP contribution in [0.1, 0.15) is 17.5 Å². The van der Waals surface area contributed by atoms with Crippen LogP contribution in [0.3, 0.4) is 0 Å². The fourth-order valence-electron chi connectivity index (χ4n) is 4.41. The molecule has 0 amide bonds. The molecule has 5 heteroatoms. The predicted molar refractivity (Wildman–Crippen MR) is 105 cm³/mol. The molecular formula is C22H28N2O3. The molecule has 0 aliphatic carbocycles. The summed E-state index contributed by atoms with van der Waals surface area (Å²) in [6.07, 6.45) is 0.427. The fraction of sp³-hybridized carbons (Fsp3) is 0.455. The Morgan fingerprint density at radius 2 is 1.81 bits per heavy atom. The Morgan fingerprint density at radius 3 is 2.52 bits per heavy atom. The molecule has 5 nitrogen and oxygen atoms in total. The maximum absolute atomic E-state index is 11.2. The van der Waals surface area contributed by atoms with E-state index in [0.29, 0.717) is 19.8 Å². The normalized spacial score (nSPS) is 25.6. The van der Waals surface area contributed by atoms with Gasteiger partial charge in [0.05, 0.1) is 11.6 Å². The summed E-state index contributed by atoms with van der Waals surface area (Å²) in [5, 5.41) is 11.2. The minimum atomic E-state index is -0.458. The maximum Gasteiger partial charge on any atom is 0.161 e. The van der Waals surface area contributed by atoms with Gasteiger partial charge >= 0.3 is 0 Å². The van der Waals surface area contributed by atoms with Gasteiger partial charge in [-0.05, 0) is 43.8 Å². The minimum absolute atomic E-state index is 0.343. The Hall–Kier alpha value is -2.08. The molecule has 0 unspecified atom stereocenters. The van der Waals surface area contributed by atoms with Gasteiger partial charge in [-0.15, -0.1) is 0 Å². The van der Waals surface area contributed by atoms with Crippen LogP contribution >= 0.6 is 0 Å². The fourth-order valence-corrected chi connectivity index (χ4v) is 4.41. The molecule has 1 N–H and O–H groups in total. The maximum atomic E-state index is 11.2. The number of likely N-dealkylation sites (N-methyl/N-ethyl adjacent to an activating group) is 1. The van der Waals surface area contributed by atoms with Gasteiger partial charge < -0.3 is 14.6 Å². The highest BCUT2D eigenvalue weighted by atomic mass is 16.6. The standard InChI is InChI=1S/C22H28N2O3/c1-23(2)22(18-6-4-3-5-7-18)10-11-24(16-21(22)25)15-17-8-9-19-20(14-17)27-13-12-26-19/h3-9,14,21,25H,10-13,15-16H2,1-2H3/t21-,22+/m1/s1. The summed E-state index contributed by atoms with van der Waals surface area (Å²) in [6.45, 7) is 3.57. The van der Waals surface area contributed by atoms with E-state index in [9.17, 15) is 5.11 Å². The first kappa shape index (κ1) is 18.3. The molecule has 2 aliphatic heterocycles. The summed E-state index contributed by atoms with van der Waals surface area (Å²) >= 11 is 0. The van der Waals surface area contributed by atoms with Crippen LogP contribution in [0.2, 0.25) is 0 Å². The Labute approximate surface area is 161 Å². The van der Waals surface area contributed by atoms with E-state index in [-0.39, 0.29) is 5.54 Å². The van der Waals surface area contributed by atoms with Gasteiger partial charge in [0.15, 0.2) is 11.5 Å². The van der Waals surface area contributed by atoms with Crippen molar-refractivity contribution in [3.8, 4) is 11.5 Å². The van der Waals surface area contributed by atoms with Crippen molar-refractivity contribution >= 4 is 0 Å². The first-order valence-corrected chi connectivity index (χ1v) is 9.61. The highest BCUT2D eigenvalue weighted by Crippen LogP contribution is 2.38. The lowest BCUT2D eigenvalue weighted by Crippen LogP contribution is -2.59. The second-order valence-corrected chi connectivity index (χ2v) is 7.66. The van der Waals surface area contributed by atoms with Crippen molar-refractivity contribution in [2.75, 3.05) is 40.4 Å². The lowest BCUT2D eigenvalue weighted by Gasteiger charge is -2.50. The first-order valence-electron chi connectivity index (χ1n) is 9.61. The molecule has 0 bridgehead atoms. The Kier molecular flexibility index (Phi) is 5.08. The SMILES string of the molecule is CN(C)[C@]1(c2ccccc2)CCN(Cc2ccc3c(c2)OCCO3)C[C@H]1O. The number of benzene rings is 2. The quantitative estimate of drug-likeness (QED) is 0.898. The highest BCUT2D eigenvalue weighted by molar-refractivity contribution is 5.43. The molecule has 1 saturated heterocycles. The van der Waals surface area contributed by atoms with E-state index in [1.165, 1.54) is 11.1 Å². The molecular weight excluding hydrogens is 340 g/mol. The van der Waals surface area contributed by atoms with Crippen molar-refractivity contribution in [1.29, 1.82) is 0 Å². The summed E-state index contributed by atoms with van der Waals surface area (Å²) in [6, 6.07) is 16.5. The number of fused-ring (bicyclic) bond motifs is 1. The molecule has 2 aliphatic rings. The Bertz CT molecular complexity index is 780. The molecule has 27 heavy (non-hydrogen) atoms. The third-order valence-electron chi connectivity index (χ3n) is 5.88. The van der Waals surface area contributed by atoms with Crippen LogP contribution in [-0.2, 0) is 12.1 Å². The van der Waals surface area contributed by atoms with Crippen LogP contribution in [0, 0.1) is 0 Å². The van der Waals surface area contributed by atoms with Crippen LogP contribution < -0.4 is 9.47 Å². The molecule has 2 aromatic rings. The van der Waals surface area contributed by atoms with E-state index in [1.54, 1.807) is 0 Å². The van der Waals surface area contributed by atoms with Gasteiger partial charge in [-0.25, -0.2) is 0 Å². The second-order valence-electron chi connectivity index (χ2n) is 7.66. The van der Waals surface area contributed by atoms with E-state index in [1.807, 2.05) is 12.1 Å². The van der Waals surface area contributed by atoms with Crippen molar-refractivity contribution < 1.29 is 14.6 Å². The Balaban J connectivity index is 1.50. The van der Waals surface area contributed by atoms with Gasteiger partial charge in [-0.2, -0.15) is 0 Å².